The standard InChI is InChI=1S/C10H14N2/c1-6(2)8-5-10-9(12-8)4-7(3)11-10/h4-6,11-12H,1-3H3. The zero-order chi connectivity index (χ0) is 8.72. The molecule has 0 atom stereocenters. The van der Waals surface area contributed by atoms with E-state index in [1.807, 2.05) is 0 Å². The molecule has 0 radical (unpaired) electrons. The van der Waals surface area contributed by atoms with Gasteiger partial charge in [-0.05, 0) is 25.0 Å². The summed E-state index contributed by atoms with van der Waals surface area (Å²) in [6, 6.07) is 4.33. The molecule has 0 aliphatic carbocycles. The average molecular weight is 162 g/mol. The SMILES string of the molecule is Cc1cc2[nH]c(C(C)C)cc2[nH]1. The first-order valence-corrected chi connectivity index (χ1v) is 4.35. The molecule has 2 heterocycles. The van der Waals surface area contributed by atoms with Crippen LogP contribution in [0.25, 0.3) is 11.0 Å². The Balaban J connectivity index is 2.57. The van der Waals surface area contributed by atoms with Crippen molar-refractivity contribution in [2.75, 3.05) is 0 Å². The van der Waals surface area contributed by atoms with Gasteiger partial charge < -0.3 is 9.97 Å². The van der Waals surface area contributed by atoms with E-state index in [4.69, 9.17) is 0 Å². The van der Waals surface area contributed by atoms with Crippen molar-refractivity contribution in [3.05, 3.63) is 23.5 Å². The molecule has 0 bridgehead atoms. The maximum atomic E-state index is 3.38. The van der Waals surface area contributed by atoms with Gasteiger partial charge in [0.05, 0.1) is 11.0 Å². The molecule has 2 nitrogen and oxygen atoms in total. The van der Waals surface area contributed by atoms with Gasteiger partial charge in [0.1, 0.15) is 0 Å². The molecule has 0 spiro atoms. The number of hydrogen-bond acceptors (Lipinski definition) is 0. The average Bonchev–Trinajstić information content (AvgIpc) is 2.42. The zero-order valence-electron chi connectivity index (χ0n) is 7.73. The van der Waals surface area contributed by atoms with Crippen LogP contribution in [0.5, 0.6) is 0 Å². The molecular weight excluding hydrogens is 148 g/mol. The molecule has 2 aromatic heterocycles. The van der Waals surface area contributed by atoms with Crippen LogP contribution in [0.2, 0.25) is 0 Å². The lowest BCUT2D eigenvalue weighted by atomic mass is 10.1. The van der Waals surface area contributed by atoms with E-state index in [1.165, 1.54) is 22.4 Å². The van der Waals surface area contributed by atoms with Gasteiger partial charge in [-0.25, -0.2) is 0 Å². The first kappa shape index (κ1) is 7.47. The Hall–Kier alpha value is -1.18. The van der Waals surface area contributed by atoms with E-state index in [2.05, 4.69) is 42.9 Å². The molecule has 12 heavy (non-hydrogen) atoms. The molecule has 0 saturated carbocycles. The summed E-state index contributed by atoms with van der Waals surface area (Å²) in [5.41, 5.74) is 4.95. The number of aromatic nitrogens is 2. The maximum absolute atomic E-state index is 3.38. The molecule has 0 unspecified atom stereocenters. The van der Waals surface area contributed by atoms with Crippen LogP contribution in [-0.4, -0.2) is 9.97 Å². The highest BCUT2D eigenvalue weighted by Gasteiger charge is 2.05. The summed E-state index contributed by atoms with van der Waals surface area (Å²) >= 11 is 0. The van der Waals surface area contributed by atoms with Gasteiger partial charge >= 0.3 is 0 Å². The van der Waals surface area contributed by atoms with Crippen molar-refractivity contribution in [1.82, 2.24) is 9.97 Å². The van der Waals surface area contributed by atoms with Crippen LogP contribution in [0.4, 0.5) is 0 Å². The summed E-state index contributed by atoms with van der Waals surface area (Å²) in [6.07, 6.45) is 0. The second-order valence-corrected chi connectivity index (χ2v) is 3.66. The number of aryl methyl sites for hydroxylation is 1. The summed E-state index contributed by atoms with van der Waals surface area (Å²) in [5.74, 6) is 0.575. The second-order valence-electron chi connectivity index (χ2n) is 3.66. The van der Waals surface area contributed by atoms with E-state index in [1.54, 1.807) is 0 Å². The lowest BCUT2D eigenvalue weighted by Crippen LogP contribution is -1.85. The maximum Gasteiger partial charge on any atom is 0.0639 e. The van der Waals surface area contributed by atoms with Gasteiger partial charge in [-0.2, -0.15) is 0 Å². The van der Waals surface area contributed by atoms with Crippen molar-refractivity contribution in [2.24, 2.45) is 0 Å². The van der Waals surface area contributed by atoms with Gasteiger partial charge in [-0.3, -0.25) is 0 Å². The van der Waals surface area contributed by atoms with Gasteiger partial charge in [0.2, 0.25) is 0 Å². The van der Waals surface area contributed by atoms with Crippen LogP contribution in [0.1, 0.15) is 31.2 Å². The highest BCUT2D eigenvalue weighted by molar-refractivity contribution is 5.78. The third kappa shape index (κ3) is 1.04. The van der Waals surface area contributed by atoms with Crippen LogP contribution in [0.15, 0.2) is 12.1 Å². The normalized spacial score (nSPS) is 11.7. The Morgan fingerprint density at radius 3 is 2.33 bits per heavy atom. The Labute approximate surface area is 72.0 Å². The fraction of sp³-hybridized carbons (Fsp3) is 0.400. The lowest BCUT2D eigenvalue weighted by Gasteiger charge is -1.98. The number of hydrogen-bond donors (Lipinski definition) is 2. The third-order valence-electron chi connectivity index (χ3n) is 2.18. The van der Waals surface area contributed by atoms with Crippen molar-refractivity contribution in [3.8, 4) is 0 Å². The van der Waals surface area contributed by atoms with E-state index < -0.39 is 0 Å². The third-order valence-corrected chi connectivity index (χ3v) is 2.18. The fourth-order valence-corrected chi connectivity index (χ4v) is 1.49. The topological polar surface area (TPSA) is 31.6 Å². The predicted molar refractivity (Wildman–Crippen MR) is 51.5 cm³/mol. The molecule has 2 heteroatoms. The Morgan fingerprint density at radius 1 is 1.08 bits per heavy atom. The Kier molecular flexibility index (Phi) is 1.50. The summed E-state index contributed by atoms with van der Waals surface area (Å²) in [7, 11) is 0. The van der Waals surface area contributed by atoms with Gasteiger partial charge in [-0.15, -0.1) is 0 Å². The summed E-state index contributed by atoms with van der Waals surface area (Å²) in [4.78, 5) is 6.69. The monoisotopic (exact) mass is 162 g/mol. The number of fused-ring (bicyclic) bond motifs is 1. The Bertz CT molecular complexity index is 361. The zero-order valence-corrected chi connectivity index (χ0v) is 7.73. The molecule has 0 saturated heterocycles. The van der Waals surface area contributed by atoms with Gasteiger partial charge in [0.15, 0.2) is 0 Å². The van der Waals surface area contributed by atoms with E-state index in [0.29, 0.717) is 5.92 Å². The van der Waals surface area contributed by atoms with Crippen molar-refractivity contribution < 1.29 is 0 Å². The highest BCUT2D eigenvalue weighted by atomic mass is 14.8. The van der Waals surface area contributed by atoms with Crippen molar-refractivity contribution in [2.45, 2.75) is 26.7 Å². The van der Waals surface area contributed by atoms with E-state index in [9.17, 15) is 0 Å². The van der Waals surface area contributed by atoms with Gasteiger partial charge in [0, 0.05) is 11.4 Å². The molecule has 2 N–H and O–H groups in total. The van der Waals surface area contributed by atoms with Crippen molar-refractivity contribution in [1.29, 1.82) is 0 Å². The molecule has 2 aromatic rings. The highest BCUT2D eigenvalue weighted by Crippen LogP contribution is 2.20. The van der Waals surface area contributed by atoms with Gasteiger partial charge in [-0.1, -0.05) is 13.8 Å². The largest absolute Gasteiger partial charge is 0.357 e. The first-order valence-electron chi connectivity index (χ1n) is 4.35. The van der Waals surface area contributed by atoms with Crippen LogP contribution in [0.3, 0.4) is 0 Å². The minimum Gasteiger partial charge on any atom is -0.357 e. The second kappa shape index (κ2) is 2.41. The van der Waals surface area contributed by atoms with Gasteiger partial charge in [0.25, 0.3) is 0 Å². The number of H-pyrrole nitrogens is 2. The fourth-order valence-electron chi connectivity index (χ4n) is 1.49. The molecular formula is C10H14N2. The molecule has 0 aliphatic heterocycles. The molecule has 2 rings (SSSR count). The van der Waals surface area contributed by atoms with Crippen molar-refractivity contribution >= 4 is 11.0 Å². The van der Waals surface area contributed by atoms with Crippen LogP contribution in [0, 0.1) is 6.92 Å². The smallest absolute Gasteiger partial charge is 0.0639 e. The van der Waals surface area contributed by atoms with Crippen LogP contribution in [-0.2, 0) is 0 Å². The van der Waals surface area contributed by atoms with E-state index in [0.717, 1.165) is 0 Å². The number of rotatable bonds is 1. The molecule has 0 amide bonds. The van der Waals surface area contributed by atoms with Crippen LogP contribution < -0.4 is 0 Å². The van der Waals surface area contributed by atoms with E-state index >= 15 is 0 Å². The summed E-state index contributed by atoms with van der Waals surface area (Å²) in [5, 5.41) is 0. The minimum atomic E-state index is 0.575. The lowest BCUT2D eigenvalue weighted by molar-refractivity contribution is 0.836. The summed E-state index contributed by atoms with van der Waals surface area (Å²) in [6.45, 7) is 6.46. The number of nitrogens with one attached hydrogen (secondary N) is 2. The minimum absolute atomic E-state index is 0.575. The quantitative estimate of drug-likeness (QED) is 0.646. The molecule has 64 valence electrons. The van der Waals surface area contributed by atoms with Crippen LogP contribution >= 0.6 is 0 Å². The molecule has 0 aliphatic rings. The molecule has 0 aromatic carbocycles. The predicted octanol–water partition coefficient (Wildman–Crippen LogP) is 2.93. The number of aromatic amines is 2. The Morgan fingerprint density at radius 2 is 1.75 bits per heavy atom. The summed E-state index contributed by atoms with van der Waals surface area (Å²) < 4.78 is 0. The first-order chi connectivity index (χ1) is 5.66. The van der Waals surface area contributed by atoms with Crippen molar-refractivity contribution in [3.63, 3.8) is 0 Å². The van der Waals surface area contributed by atoms with E-state index in [-0.39, 0.29) is 0 Å². The molecule has 0 fully saturated rings.